The third-order valence-corrected chi connectivity index (χ3v) is 2.66. The average Bonchev–Trinajstić information content (AvgIpc) is 2.22. The van der Waals surface area contributed by atoms with E-state index in [2.05, 4.69) is 9.97 Å². The van der Waals surface area contributed by atoms with Gasteiger partial charge in [0.1, 0.15) is 10.9 Å². The molecular weight excluding hydrogens is 261 g/mol. The van der Waals surface area contributed by atoms with E-state index < -0.39 is 0 Å². The fourth-order valence-electron chi connectivity index (χ4n) is 1.27. The summed E-state index contributed by atoms with van der Waals surface area (Å²) in [5.74, 6) is 0.975. The maximum absolute atomic E-state index is 5.91. The molecule has 0 aliphatic carbocycles. The number of hydrogen-bond donors (Lipinski definition) is 1. The van der Waals surface area contributed by atoms with Crippen molar-refractivity contribution in [2.45, 2.75) is 6.92 Å². The van der Waals surface area contributed by atoms with E-state index in [4.69, 9.17) is 33.7 Å². The van der Waals surface area contributed by atoms with Crippen LogP contribution in [-0.4, -0.2) is 9.97 Å². The average molecular weight is 270 g/mol. The molecule has 0 aliphatic heterocycles. The summed E-state index contributed by atoms with van der Waals surface area (Å²) in [6.07, 6.45) is 0. The summed E-state index contributed by atoms with van der Waals surface area (Å²) in [6, 6.07) is 6.77. The molecule has 0 amide bonds. The zero-order valence-corrected chi connectivity index (χ0v) is 10.5. The van der Waals surface area contributed by atoms with E-state index in [1.54, 1.807) is 18.2 Å². The molecule has 1 aromatic heterocycles. The number of rotatable bonds is 2. The van der Waals surface area contributed by atoms with Crippen LogP contribution < -0.4 is 10.5 Å². The van der Waals surface area contributed by atoms with E-state index in [0.717, 1.165) is 5.56 Å². The molecular formula is C11H9Cl2N3O. The van der Waals surface area contributed by atoms with Gasteiger partial charge < -0.3 is 10.5 Å². The number of nitrogens with two attached hydrogens (primary N) is 1. The van der Waals surface area contributed by atoms with E-state index in [0.29, 0.717) is 16.7 Å². The third-order valence-electron chi connectivity index (χ3n) is 2.04. The number of nitrogens with zero attached hydrogens (tertiary/aromatic N) is 2. The molecule has 0 unspecified atom stereocenters. The van der Waals surface area contributed by atoms with E-state index in [1.807, 2.05) is 6.92 Å². The Kier molecular flexibility index (Phi) is 3.36. The Morgan fingerprint density at radius 2 is 1.94 bits per heavy atom. The number of halogens is 2. The largest absolute Gasteiger partial charge is 0.439 e. The number of ether oxygens (including phenoxy) is 1. The summed E-state index contributed by atoms with van der Waals surface area (Å²) in [7, 11) is 0. The lowest BCUT2D eigenvalue weighted by Gasteiger charge is -2.06. The molecule has 17 heavy (non-hydrogen) atoms. The van der Waals surface area contributed by atoms with Gasteiger partial charge in [0.2, 0.25) is 11.8 Å². The van der Waals surface area contributed by atoms with Crippen LogP contribution in [0.2, 0.25) is 10.2 Å². The Labute approximate surface area is 108 Å². The summed E-state index contributed by atoms with van der Waals surface area (Å²) >= 11 is 11.7. The summed E-state index contributed by atoms with van der Waals surface area (Å²) < 4.78 is 5.50. The number of aryl methyl sites for hydroxylation is 1. The first kappa shape index (κ1) is 12.0. The van der Waals surface area contributed by atoms with Crippen LogP contribution in [0.4, 0.5) is 5.95 Å². The fourth-order valence-corrected chi connectivity index (χ4v) is 1.56. The van der Waals surface area contributed by atoms with Gasteiger partial charge in [0.15, 0.2) is 0 Å². The first-order valence-electron chi connectivity index (χ1n) is 4.78. The van der Waals surface area contributed by atoms with Crippen molar-refractivity contribution in [2.24, 2.45) is 0 Å². The van der Waals surface area contributed by atoms with Gasteiger partial charge in [-0.1, -0.05) is 23.2 Å². The number of hydrogen-bond acceptors (Lipinski definition) is 4. The van der Waals surface area contributed by atoms with Crippen LogP contribution in [0.15, 0.2) is 24.3 Å². The van der Waals surface area contributed by atoms with Crippen LogP contribution >= 0.6 is 23.2 Å². The number of anilines is 1. The van der Waals surface area contributed by atoms with Crippen LogP contribution in [0.1, 0.15) is 5.56 Å². The second kappa shape index (κ2) is 4.77. The van der Waals surface area contributed by atoms with Gasteiger partial charge in [-0.05, 0) is 30.7 Å². The molecule has 4 nitrogen and oxygen atoms in total. The smallest absolute Gasteiger partial charge is 0.225 e. The highest BCUT2D eigenvalue weighted by Gasteiger charge is 2.04. The Morgan fingerprint density at radius 1 is 1.18 bits per heavy atom. The second-order valence-corrected chi connectivity index (χ2v) is 4.19. The van der Waals surface area contributed by atoms with E-state index >= 15 is 0 Å². The topological polar surface area (TPSA) is 61.0 Å². The number of aromatic nitrogens is 2. The van der Waals surface area contributed by atoms with Crippen molar-refractivity contribution >= 4 is 29.2 Å². The predicted molar refractivity (Wildman–Crippen MR) is 67.7 cm³/mol. The maximum atomic E-state index is 5.91. The lowest BCUT2D eigenvalue weighted by Crippen LogP contribution is -1.97. The summed E-state index contributed by atoms with van der Waals surface area (Å²) in [5, 5.41) is 0.913. The summed E-state index contributed by atoms with van der Waals surface area (Å²) in [6.45, 7) is 1.89. The van der Waals surface area contributed by atoms with Crippen molar-refractivity contribution in [1.29, 1.82) is 0 Å². The van der Waals surface area contributed by atoms with Gasteiger partial charge in [0.25, 0.3) is 0 Å². The Morgan fingerprint density at radius 3 is 2.59 bits per heavy atom. The standard InChI is InChI=1S/C11H9Cl2N3O/c1-6-4-7(2-3-8(6)12)17-10-5-9(13)15-11(14)16-10/h2-5H,1H3,(H2,14,15,16). The minimum Gasteiger partial charge on any atom is -0.439 e. The molecule has 2 rings (SSSR count). The highest BCUT2D eigenvalue weighted by atomic mass is 35.5. The van der Waals surface area contributed by atoms with Crippen LogP contribution in [0.3, 0.4) is 0 Å². The van der Waals surface area contributed by atoms with Crippen molar-refractivity contribution in [3.8, 4) is 11.6 Å². The Balaban J connectivity index is 2.28. The Hall–Kier alpha value is -1.52. The minimum atomic E-state index is 0.0678. The van der Waals surface area contributed by atoms with Crippen molar-refractivity contribution in [2.75, 3.05) is 5.73 Å². The molecule has 0 saturated carbocycles. The molecule has 1 aromatic carbocycles. The Bertz CT molecular complexity index is 540. The zero-order valence-electron chi connectivity index (χ0n) is 8.95. The van der Waals surface area contributed by atoms with Crippen molar-refractivity contribution in [3.63, 3.8) is 0 Å². The summed E-state index contributed by atoms with van der Waals surface area (Å²) in [5.41, 5.74) is 6.37. The molecule has 88 valence electrons. The lowest BCUT2D eigenvalue weighted by atomic mass is 10.2. The molecule has 2 aromatic rings. The van der Waals surface area contributed by atoms with Crippen LogP contribution in [0, 0.1) is 6.92 Å². The first-order chi connectivity index (χ1) is 8.04. The predicted octanol–water partition coefficient (Wildman–Crippen LogP) is 3.47. The van der Waals surface area contributed by atoms with E-state index in [-0.39, 0.29) is 11.1 Å². The SMILES string of the molecule is Cc1cc(Oc2cc(Cl)nc(N)n2)ccc1Cl. The van der Waals surface area contributed by atoms with Gasteiger partial charge in [-0.25, -0.2) is 4.98 Å². The summed E-state index contributed by atoms with van der Waals surface area (Å²) in [4.78, 5) is 7.65. The van der Waals surface area contributed by atoms with Crippen molar-refractivity contribution < 1.29 is 4.74 Å². The van der Waals surface area contributed by atoms with Crippen LogP contribution in [0.25, 0.3) is 0 Å². The fraction of sp³-hybridized carbons (Fsp3) is 0.0909. The highest BCUT2D eigenvalue weighted by Crippen LogP contribution is 2.26. The van der Waals surface area contributed by atoms with Gasteiger partial charge >= 0.3 is 0 Å². The molecule has 0 radical (unpaired) electrons. The molecule has 0 fully saturated rings. The van der Waals surface area contributed by atoms with Crippen LogP contribution in [0.5, 0.6) is 11.6 Å². The number of benzene rings is 1. The minimum absolute atomic E-state index is 0.0678. The monoisotopic (exact) mass is 269 g/mol. The molecule has 0 spiro atoms. The zero-order chi connectivity index (χ0) is 12.4. The lowest BCUT2D eigenvalue weighted by molar-refractivity contribution is 0.462. The van der Waals surface area contributed by atoms with Crippen molar-refractivity contribution in [1.82, 2.24) is 9.97 Å². The molecule has 0 atom stereocenters. The maximum Gasteiger partial charge on any atom is 0.225 e. The van der Waals surface area contributed by atoms with Gasteiger partial charge in [-0.3, -0.25) is 0 Å². The first-order valence-corrected chi connectivity index (χ1v) is 5.54. The van der Waals surface area contributed by atoms with Crippen molar-refractivity contribution in [3.05, 3.63) is 40.0 Å². The molecule has 2 N–H and O–H groups in total. The normalized spacial score (nSPS) is 10.3. The molecule has 0 aliphatic rings. The van der Waals surface area contributed by atoms with Gasteiger partial charge in [0, 0.05) is 11.1 Å². The molecule has 6 heteroatoms. The van der Waals surface area contributed by atoms with Gasteiger partial charge in [-0.2, -0.15) is 4.98 Å². The quantitative estimate of drug-likeness (QED) is 0.849. The van der Waals surface area contributed by atoms with Gasteiger partial charge in [-0.15, -0.1) is 0 Å². The third kappa shape index (κ3) is 2.99. The second-order valence-electron chi connectivity index (χ2n) is 3.40. The number of nitrogen functional groups attached to an aromatic ring is 1. The highest BCUT2D eigenvalue weighted by molar-refractivity contribution is 6.31. The molecule has 0 bridgehead atoms. The van der Waals surface area contributed by atoms with E-state index in [9.17, 15) is 0 Å². The molecule has 0 saturated heterocycles. The molecule has 1 heterocycles. The van der Waals surface area contributed by atoms with Crippen LogP contribution in [-0.2, 0) is 0 Å². The van der Waals surface area contributed by atoms with Gasteiger partial charge in [0.05, 0.1) is 0 Å². The van der Waals surface area contributed by atoms with E-state index in [1.165, 1.54) is 6.07 Å².